The Hall–Kier alpha value is -3.95. The standard InChI is InChI=1S/C26H18F4N4O/c27-14-5-13(10-32)23-16(3-4-21(28)18(23)7-14)15-1-2-17(20-11-34-22(33)6-12(20)9-31)24-19(15)8-26(29,30)25(24)35/h1-2,5-7,11,16,21,25,35H,3-4,8H2,(H2,33,34)/t16-,21+,25+/m1/s1. The summed E-state index contributed by atoms with van der Waals surface area (Å²) in [6.07, 6.45) is -2.85. The Morgan fingerprint density at radius 3 is 2.46 bits per heavy atom. The molecule has 0 bridgehead atoms. The second-order valence-corrected chi connectivity index (χ2v) is 8.87. The lowest BCUT2D eigenvalue weighted by atomic mass is 9.74. The van der Waals surface area contributed by atoms with Crippen molar-refractivity contribution in [2.24, 2.45) is 0 Å². The Morgan fingerprint density at radius 2 is 1.74 bits per heavy atom. The SMILES string of the molecule is N#Cc1cc(N)ncc1-c1ccc([C@H]2CC[C@H](F)c3cc(F)cc(C#N)c32)c2c1[C@H](O)C(F)(F)C2. The largest absolute Gasteiger partial charge is 0.384 e. The van der Waals surface area contributed by atoms with E-state index in [1.165, 1.54) is 18.3 Å². The summed E-state index contributed by atoms with van der Waals surface area (Å²) < 4.78 is 58.5. The van der Waals surface area contributed by atoms with Crippen LogP contribution in [0.1, 0.15) is 70.0 Å². The van der Waals surface area contributed by atoms with E-state index in [0.717, 1.165) is 12.1 Å². The number of aliphatic hydroxyl groups is 1. The first-order valence-electron chi connectivity index (χ1n) is 10.9. The molecule has 5 nitrogen and oxygen atoms in total. The fourth-order valence-electron chi connectivity index (χ4n) is 5.38. The molecule has 0 radical (unpaired) electrons. The highest BCUT2D eigenvalue weighted by Crippen LogP contribution is 2.53. The van der Waals surface area contributed by atoms with Crippen LogP contribution in [0.5, 0.6) is 0 Å². The zero-order valence-electron chi connectivity index (χ0n) is 18.2. The number of halogens is 4. The summed E-state index contributed by atoms with van der Waals surface area (Å²) in [5.41, 5.74) is 7.05. The maximum atomic E-state index is 14.9. The van der Waals surface area contributed by atoms with Gasteiger partial charge in [-0.2, -0.15) is 10.5 Å². The molecule has 2 aliphatic carbocycles. The highest BCUT2D eigenvalue weighted by molar-refractivity contribution is 5.77. The molecule has 0 spiro atoms. The van der Waals surface area contributed by atoms with Gasteiger partial charge in [-0.25, -0.2) is 22.5 Å². The van der Waals surface area contributed by atoms with Crippen molar-refractivity contribution >= 4 is 5.82 Å². The predicted octanol–water partition coefficient (Wildman–Crippen LogP) is 5.37. The fourth-order valence-corrected chi connectivity index (χ4v) is 5.38. The molecule has 0 amide bonds. The molecule has 0 fully saturated rings. The lowest BCUT2D eigenvalue weighted by Crippen LogP contribution is -2.22. The van der Waals surface area contributed by atoms with Crippen molar-refractivity contribution in [3.8, 4) is 23.3 Å². The van der Waals surface area contributed by atoms with Crippen LogP contribution in [-0.4, -0.2) is 16.0 Å². The van der Waals surface area contributed by atoms with Gasteiger partial charge in [0.1, 0.15) is 23.9 Å². The van der Waals surface area contributed by atoms with Crippen molar-refractivity contribution in [2.45, 2.75) is 43.4 Å². The summed E-state index contributed by atoms with van der Waals surface area (Å²) in [6, 6.07) is 10.4. The third kappa shape index (κ3) is 3.51. The summed E-state index contributed by atoms with van der Waals surface area (Å²) in [4.78, 5) is 3.98. The third-order valence-electron chi connectivity index (χ3n) is 6.88. The first kappa shape index (κ1) is 22.8. The van der Waals surface area contributed by atoms with Gasteiger partial charge < -0.3 is 10.8 Å². The number of aliphatic hydroxyl groups excluding tert-OH is 1. The quantitative estimate of drug-likeness (QED) is 0.482. The van der Waals surface area contributed by atoms with Gasteiger partial charge >= 0.3 is 0 Å². The van der Waals surface area contributed by atoms with E-state index < -0.39 is 36.4 Å². The average Bonchev–Trinajstić information content (AvgIpc) is 3.07. The van der Waals surface area contributed by atoms with Gasteiger partial charge in [-0.15, -0.1) is 0 Å². The number of nitrogens with two attached hydrogens (primary N) is 1. The molecule has 0 saturated carbocycles. The molecule has 2 aromatic carbocycles. The number of hydrogen-bond donors (Lipinski definition) is 2. The normalized spacial score (nSPS) is 22.1. The number of anilines is 1. The molecule has 9 heteroatoms. The number of aromatic nitrogens is 1. The van der Waals surface area contributed by atoms with Gasteiger partial charge in [0.25, 0.3) is 5.92 Å². The number of hydrogen-bond acceptors (Lipinski definition) is 5. The Kier molecular flexibility index (Phi) is 5.26. The number of nitrogens with zero attached hydrogens (tertiary/aromatic N) is 3. The average molecular weight is 478 g/mol. The van der Waals surface area contributed by atoms with Gasteiger partial charge in [-0.3, -0.25) is 0 Å². The van der Waals surface area contributed by atoms with Crippen molar-refractivity contribution in [1.82, 2.24) is 4.98 Å². The number of nitriles is 2. The van der Waals surface area contributed by atoms with Crippen molar-refractivity contribution in [1.29, 1.82) is 10.5 Å². The molecule has 1 aromatic heterocycles. The molecule has 35 heavy (non-hydrogen) atoms. The van der Waals surface area contributed by atoms with Crippen LogP contribution in [0.2, 0.25) is 0 Å². The first-order chi connectivity index (χ1) is 16.7. The molecule has 5 rings (SSSR count). The van der Waals surface area contributed by atoms with Crippen molar-refractivity contribution in [3.05, 3.63) is 81.3 Å². The van der Waals surface area contributed by atoms with E-state index in [0.29, 0.717) is 5.56 Å². The number of benzene rings is 2. The van der Waals surface area contributed by atoms with Gasteiger partial charge in [0, 0.05) is 24.1 Å². The Labute approximate surface area is 198 Å². The lowest BCUT2D eigenvalue weighted by Gasteiger charge is -2.31. The highest BCUT2D eigenvalue weighted by Gasteiger charge is 2.50. The third-order valence-corrected chi connectivity index (χ3v) is 6.88. The van der Waals surface area contributed by atoms with E-state index in [1.54, 1.807) is 6.07 Å². The summed E-state index contributed by atoms with van der Waals surface area (Å²) >= 11 is 0. The topological polar surface area (TPSA) is 107 Å². The van der Waals surface area contributed by atoms with E-state index >= 15 is 0 Å². The zero-order chi connectivity index (χ0) is 25.1. The predicted molar refractivity (Wildman–Crippen MR) is 118 cm³/mol. The van der Waals surface area contributed by atoms with Crippen molar-refractivity contribution in [3.63, 3.8) is 0 Å². The lowest BCUT2D eigenvalue weighted by molar-refractivity contribution is -0.0966. The van der Waals surface area contributed by atoms with E-state index in [4.69, 9.17) is 5.73 Å². The molecule has 0 saturated heterocycles. The van der Waals surface area contributed by atoms with Crippen LogP contribution >= 0.6 is 0 Å². The summed E-state index contributed by atoms with van der Waals surface area (Å²) in [5, 5.41) is 29.8. The van der Waals surface area contributed by atoms with Crippen LogP contribution in [0, 0.1) is 28.5 Å². The van der Waals surface area contributed by atoms with E-state index in [1.807, 2.05) is 12.1 Å². The number of alkyl halides is 3. The molecule has 176 valence electrons. The molecule has 3 N–H and O–H groups in total. The molecule has 2 aliphatic rings. The van der Waals surface area contributed by atoms with Crippen molar-refractivity contribution in [2.75, 3.05) is 5.73 Å². The fraction of sp³-hybridized carbons (Fsp3) is 0.269. The molecule has 3 atom stereocenters. The number of nitrogen functional groups attached to an aromatic ring is 1. The minimum absolute atomic E-state index is 0.0297. The maximum absolute atomic E-state index is 14.9. The van der Waals surface area contributed by atoms with Gasteiger partial charge in [-0.05, 0) is 64.4 Å². The highest BCUT2D eigenvalue weighted by atomic mass is 19.3. The van der Waals surface area contributed by atoms with Crippen LogP contribution in [-0.2, 0) is 6.42 Å². The summed E-state index contributed by atoms with van der Waals surface area (Å²) in [5.74, 6) is -4.79. The van der Waals surface area contributed by atoms with Gasteiger partial charge in [-0.1, -0.05) is 12.1 Å². The summed E-state index contributed by atoms with van der Waals surface area (Å²) in [6.45, 7) is 0. The Balaban J connectivity index is 1.77. The van der Waals surface area contributed by atoms with E-state index in [-0.39, 0.29) is 63.2 Å². The smallest absolute Gasteiger partial charge is 0.281 e. The molecule has 0 aliphatic heterocycles. The van der Waals surface area contributed by atoms with Gasteiger partial charge in [0.2, 0.25) is 0 Å². The van der Waals surface area contributed by atoms with E-state index in [9.17, 15) is 33.2 Å². The van der Waals surface area contributed by atoms with Crippen LogP contribution < -0.4 is 5.73 Å². The summed E-state index contributed by atoms with van der Waals surface area (Å²) in [7, 11) is 0. The van der Waals surface area contributed by atoms with Gasteiger partial charge in [0.15, 0.2) is 0 Å². The van der Waals surface area contributed by atoms with Crippen LogP contribution in [0.3, 0.4) is 0 Å². The first-order valence-corrected chi connectivity index (χ1v) is 10.9. The molecular formula is C26H18F4N4O. The Bertz CT molecular complexity index is 1460. The van der Waals surface area contributed by atoms with Gasteiger partial charge in [0.05, 0.1) is 23.3 Å². The number of rotatable bonds is 2. The zero-order valence-corrected chi connectivity index (χ0v) is 18.2. The number of pyridine rings is 1. The van der Waals surface area contributed by atoms with E-state index in [2.05, 4.69) is 4.98 Å². The van der Waals surface area contributed by atoms with Crippen LogP contribution in [0.15, 0.2) is 36.5 Å². The number of fused-ring (bicyclic) bond motifs is 2. The molecule has 1 heterocycles. The molecule has 0 unspecified atom stereocenters. The van der Waals surface area contributed by atoms with Crippen LogP contribution in [0.25, 0.3) is 11.1 Å². The van der Waals surface area contributed by atoms with Crippen molar-refractivity contribution < 1.29 is 22.7 Å². The van der Waals surface area contributed by atoms with Crippen LogP contribution in [0.4, 0.5) is 23.4 Å². The monoisotopic (exact) mass is 478 g/mol. The second kappa shape index (κ2) is 8.07. The second-order valence-electron chi connectivity index (χ2n) is 8.87. The minimum atomic E-state index is -3.48. The minimum Gasteiger partial charge on any atom is -0.384 e. The molecular weight excluding hydrogens is 460 g/mol. The Morgan fingerprint density at radius 1 is 1.00 bits per heavy atom. The molecule has 3 aromatic rings. The maximum Gasteiger partial charge on any atom is 0.281 e.